The zero-order chi connectivity index (χ0) is 13.8. The number of hydrogen-bond acceptors (Lipinski definition) is 3. The van der Waals surface area contributed by atoms with Crippen LogP contribution in [0.25, 0.3) is 0 Å². The number of hydrogen-bond donors (Lipinski definition) is 3. The maximum Gasteiger partial charge on any atom is 0.307 e. The molecule has 0 saturated carbocycles. The fourth-order valence-electron chi connectivity index (χ4n) is 2.07. The molecule has 102 valence electrons. The maximum absolute atomic E-state index is 12.0. The van der Waals surface area contributed by atoms with Crippen molar-refractivity contribution < 1.29 is 14.7 Å². The first-order valence-corrected chi connectivity index (χ1v) is 6.38. The summed E-state index contributed by atoms with van der Waals surface area (Å²) in [5, 5.41) is 14.7. The number of anilines is 1. The molecule has 1 unspecified atom stereocenters. The SMILES string of the molecule is CC(C(=O)Nc1cccc(CC(=O)O)c1)C1CNC1. The molecule has 5 heteroatoms. The zero-order valence-corrected chi connectivity index (χ0v) is 10.8. The van der Waals surface area contributed by atoms with Crippen LogP contribution in [-0.2, 0) is 16.0 Å². The molecule has 5 nitrogen and oxygen atoms in total. The van der Waals surface area contributed by atoms with E-state index in [0.29, 0.717) is 17.2 Å². The minimum atomic E-state index is -0.877. The van der Waals surface area contributed by atoms with E-state index in [1.165, 1.54) is 0 Å². The Kier molecular flexibility index (Phi) is 4.16. The molecular formula is C14H18N2O3. The largest absolute Gasteiger partial charge is 0.481 e. The van der Waals surface area contributed by atoms with Gasteiger partial charge in [0.2, 0.25) is 5.91 Å². The zero-order valence-electron chi connectivity index (χ0n) is 10.8. The summed E-state index contributed by atoms with van der Waals surface area (Å²) in [5.74, 6) is -0.539. The second kappa shape index (κ2) is 5.84. The second-order valence-electron chi connectivity index (χ2n) is 4.97. The molecule has 1 aromatic rings. The van der Waals surface area contributed by atoms with E-state index in [2.05, 4.69) is 10.6 Å². The summed E-state index contributed by atoms with van der Waals surface area (Å²) in [6.07, 6.45) is -0.0359. The van der Waals surface area contributed by atoms with E-state index in [-0.39, 0.29) is 18.2 Å². The summed E-state index contributed by atoms with van der Waals surface area (Å²) in [6.45, 7) is 3.68. The molecule has 1 saturated heterocycles. The topological polar surface area (TPSA) is 78.4 Å². The van der Waals surface area contributed by atoms with Crippen LogP contribution in [0.4, 0.5) is 5.69 Å². The Hall–Kier alpha value is -1.88. The molecule has 19 heavy (non-hydrogen) atoms. The average Bonchev–Trinajstić information content (AvgIpc) is 2.26. The van der Waals surface area contributed by atoms with Crippen molar-refractivity contribution in [1.29, 1.82) is 0 Å². The summed E-state index contributed by atoms with van der Waals surface area (Å²) >= 11 is 0. The monoisotopic (exact) mass is 262 g/mol. The van der Waals surface area contributed by atoms with Gasteiger partial charge in [-0.1, -0.05) is 19.1 Å². The van der Waals surface area contributed by atoms with Crippen LogP contribution < -0.4 is 10.6 Å². The van der Waals surface area contributed by atoms with Crippen molar-refractivity contribution in [3.8, 4) is 0 Å². The molecule has 0 aromatic heterocycles. The highest BCUT2D eigenvalue weighted by atomic mass is 16.4. The molecule has 1 aromatic carbocycles. The van der Waals surface area contributed by atoms with E-state index in [1.54, 1.807) is 24.3 Å². The number of carboxylic acids is 1. The number of amides is 1. The van der Waals surface area contributed by atoms with Gasteiger partial charge in [0.15, 0.2) is 0 Å². The molecule has 0 aliphatic carbocycles. The van der Waals surface area contributed by atoms with E-state index in [1.807, 2.05) is 6.92 Å². The minimum absolute atomic E-state index is 0.0148. The van der Waals surface area contributed by atoms with E-state index < -0.39 is 5.97 Å². The van der Waals surface area contributed by atoms with Gasteiger partial charge in [0.25, 0.3) is 0 Å². The number of carbonyl (C=O) groups is 2. The highest BCUT2D eigenvalue weighted by molar-refractivity contribution is 5.92. The lowest BCUT2D eigenvalue weighted by atomic mass is 9.88. The molecule has 1 fully saturated rings. The average molecular weight is 262 g/mol. The molecule has 1 atom stereocenters. The molecule has 1 aliphatic rings. The highest BCUT2D eigenvalue weighted by Gasteiger charge is 2.28. The number of carboxylic acid groups (broad SMARTS) is 1. The Labute approximate surface area is 112 Å². The predicted octanol–water partition coefficient (Wildman–Crippen LogP) is 1.11. The lowest BCUT2D eigenvalue weighted by Crippen LogP contribution is -2.48. The van der Waals surface area contributed by atoms with Crippen LogP contribution in [-0.4, -0.2) is 30.1 Å². The van der Waals surface area contributed by atoms with Crippen LogP contribution in [0.1, 0.15) is 12.5 Å². The summed E-state index contributed by atoms with van der Waals surface area (Å²) in [5.41, 5.74) is 1.34. The van der Waals surface area contributed by atoms with Crippen LogP contribution in [0.2, 0.25) is 0 Å². The summed E-state index contributed by atoms with van der Waals surface area (Å²) in [7, 11) is 0. The van der Waals surface area contributed by atoms with E-state index in [9.17, 15) is 9.59 Å². The predicted molar refractivity (Wildman–Crippen MR) is 71.9 cm³/mol. The van der Waals surface area contributed by atoms with E-state index >= 15 is 0 Å². The molecule has 0 spiro atoms. The fourth-order valence-corrected chi connectivity index (χ4v) is 2.07. The van der Waals surface area contributed by atoms with Crippen LogP contribution in [0.15, 0.2) is 24.3 Å². The van der Waals surface area contributed by atoms with Crippen molar-refractivity contribution >= 4 is 17.6 Å². The van der Waals surface area contributed by atoms with Crippen molar-refractivity contribution in [2.24, 2.45) is 11.8 Å². The number of benzene rings is 1. The van der Waals surface area contributed by atoms with Crippen LogP contribution >= 0.6 is 0 Å². The molecule has 0 radical (unpaired) electrons. The van der Waals surface area contributed by atoms with Crippen LogP contribution in [0.5, 0.6) is 0 Å². The number of carbonyl (C=O) groups excluding carboxylic acids is 1. The minimum Gasteiger partial charge on any atom is -0.481 e. The first-order valence-electron chi connectivity index (χ1n) is 6.38. The van der Waals surface area contributed by atoms with Gasteiger partial charge in [0, 0.05) is 11.6 Å². The van der Waals surface area contributed by atoms with Gasteiger partial charge in [-0.05, 0) is 36.7 Å². The third kappa shape index (κ3) is 3.54. The third-order valence-electron chi connectivity index (χ3n) is 3.48. The van der Waals surface area contributed by atoms with Crippen molar-refractivity contribution in [1.82, 2.24) is 5.32 Å². The standard InChI is InChI=1S/C14H18N2O3/c1-9(11-7-15-8-11)14(19)16-12-4-2-3-10(5-12)6-13(17)18/h2-5,9,11,15H,6-8H2,1H3,(H,16,19)(H,17,18). The van der Waals surface area contributed by atoms with E-state index in [4.69, 9.17) is 5.11 Å². The van der Waals surface area contributed by atoms with Crippen molar-refractivity contribution in [3.05, 3.63) is 29.8 Å². The van der Waals surface area contributed by atoms with Gasteiger partial charge in [0.1, 0.15) is 0 Å². The molecule has 2 rings (SSSR count). The van der Waals surface area contributed by atoms with Crippen molar-refractivity contribution in [2.45, 2.75) is 13.3 Å². The smallest absolute Gasteiger partial charge is 0.307 e. The van der Waals surface area contributed by atoms with Gasteiger partial charge in [-0.3, -0.25) is 9.59 Å². The molecule has 1 heterocycles. The quantitative estimate of drug-likeness (QED) is 0.742. The first-order chi connectivity index (χ1) is 9.06. The van der Waals surface area contributed by atoms with Gasteiger partial charge in [-0.25, -0.2) is 0 Å². The number of aliphatic carboxylic acids is 1. The highest BCUT2D eigenvalue weighted by Crippen LogP contribution is 2.19. The molecule has 3 N–H and O–H groups in total. The summed E-state index contributed by atoms with van der Waals surface area (Å²) in [4.78, 5) is 22.7. The lowest BCUT2D eigenvalue weighted by molar-refractivity contribution is -0.136. The third-order valence-corrected chi connectivity index (χ3v) is 3.48. The Morgan fingerprint density at radius 1 is 1.47 bits per heavy atom. The molecular weight excluding hydrogens is 244 g/mol. The number of rotatable bonds is 5. The molecule has 1 amide bonds. The Bertz CT molecular complexity index is 483. The van der Waals surface area contributed by atoms with Gasteiger partial charge < -0.3 is 15.7 Å². The van der Waals surface area contributed by atoms with Gasteiger partial charge in [0.05, 0.1) is 6.42 Å². The van der Waals surface area contributed by atoms with Crippen molar-refractivity contribution in [3.63, 3.8) is 0 Å². The number of nitrogens with one attached hydrogen (secondary N) is 2. The summed E-state index contributed by atoms with van der Waals surface area (Å²) < 4.78 is 0. The lowest BCUT2D eigenvalue weighted by Gasteiger charge is -2.31. The van der Waals surface area contributed by atoms with Crippen LogP contribution in [0, 0.1) is 11.8 Å². The van der Waals surface area contributed by atoms with E-state index in [0.717, 1.165) is 13.1 Å². The maximum atomic E-state index is 12.0. The Balaban J connectivity index is 1.97. The Morgan fingerprint density at radius 2 is 2.21 bits per heavy atom. The summed E-state index contributed by atoms with van der Waals surface area (Å²) in [6, 6.07) is 6.97. The Morgan fingerprint density at radius 3 is 2.79 bits per heavy atom. The molecule has 0 bridgehead atoms. The van der Waals surface area contributed by atoms with Gasteiger partial charge in [-0.2, -0.15) is 0 Å². The fraction of sp³-hybridized carbons (Fsp3) is 0.429. The van der Waals surface area contributed by atoms with Crippen LogP contribution in [0.3, 0.4) is 0 Å². The second-order valence-corrected chi connectivity index (χ2v) is 4.97. The first kappa shape index (κ1) is 13.5. The molecule has 1 aliphatic heterocycles. The van der Waals surface area contributed by atoms with Gasteiger partial charge in [-0.15, -0.1) is 0 Å². The van der Waals surface area contributed by atoms with Crippen molar-refractivity contribution in [2.75, 3.05) is 18.4 Å². The normalized spacial score (nSPS) is 16.5. The van der Waals surface area contributed by atoms with Gasteiger partial charge >= 0.3 is 5.97 Å².